The van der Waals surface area contributed by atoms with Crippen LogP contribution in [0.25, 0.3) is 0 Å². The summed E-state index contributed by atoms with van der Waals surface area (Å²) in [4.78, 5) is 22.0. The first-order valence-corrected chi connectivity index (χ1v) is 7.45. The zero-order chi connectivity index (χ0) is 13.1. The van der Waals surface area contributed by atoms with Crippen molar-refractivity contribution in [2.45, 2.75) is 76.7 Å². The second kappa shape index (κ2) is 10.2. The van der Waals surface area contributed by atoms with Crippen LogP contribution in [0.1, 0.15) is 70.6 Å². The molecule has 1 saturated heterocycles. The average Bonchev–Trinajstić information content (AvgIpc) is 2.40. The molecule has 0 aliphatic carbocycles. The van der Waals surface area contributed by atoms with Gasteiger partial charge in [0, 0.05) is 6.61 Å². The minimum atomic E-state index is -0.481. The predicted octanol–water partition coefficient (Wildman–Crippen LogP) is 3.44. The molecule has 104 valence electrons. The van der Waals surface area contributed by atoms with Crippen LogP contribution in [0.4, 0.5) is 0 Å². The van der Waals surface area contributed by atoms with Crippen LogP contribution in [0.15, 0.2) is 0 Å². The quantitative estimate of drug-likeness (QED) is 0.560. The van der Waals surface area contributed by atoms with E-state index in [4.69, 9.17) is 4.74 Å². The van der Waals surface area contributed by atoms with E-state index in [1.54, 1.807) is 0 Å². The first-order valence-electron chi connectivity index (χ1n) is 7.45. The van der Waals surface area contributed by atoms with Gasteiger partial charge in [0.15, 0.2) is 6.29 Å². The van der Waals surface area contributed by atoms with Gasteiger partial charge in [0.1, 0.15) is 6.10 Å². The molecule has 1 fully saturated rings. The zero-order valence-corrected chi connectivity index (χ0v) is 11.4. The Morgan fingerprint density at radius 1 is 0.833 bits per heavy atom. The molecule has 0 spiro atoms. The zero-order valence-electron chi connectivity index (χ0n) is 11.4. The Kier molecular flexibility index (Phi) is 8.74. The molecule has 1 rings (SSSR count). The van der Waals surface area contributed by atoms with Crippen molar-refractivity contribution in [1.29, 1.82) is 0 Å². The molecule has 1 aliphatic heterocycles. The summed E-state index contributed by atoms with van der Waals surface area (Å²) >= 11 is 0. The van der Waals surface area contributed by atoms with Crippen LogP contribution in [0.3, 0.4) is 0 Å². The van der Waals surface area contributed by atoms with E-state index in [-0.39, 0.29) is 5.78 Å². The summed E-state index contributed by atoms with van der Waals surface area (Å²) in [6, 6.07) is 0. The van der Waals surface area contributed by atoms with Gasteiger partial charge in [0.25, 0.3) is 0 Å². The molecule has 0 saturated carbocycles. The molecule has 1 unspecified atom stereocenters. The van der Waals surface area contributed by atoms with E-state index in [2.05, 4.69) is 0 Å². The van der Waals surface area contributed by atoms with Crippen molar-refractivity contribution in [2.24, 2.45) is 0 Å². The number of ether oxygens (including phenoxy) is 1. The summed E-state index contributed by atoms with van der Waals surface area (Å²) in [6.45, 7) is 0.615. The van der Waals surface area contributed by atoms with E-state index in [1.165, 1.54) is 44.9 Å². The minimum absolute atomic E-state index is 0.387. The number of Topliss-reactive ketones (excluding diaryl/α,β-unsaturated/α-hetero) is 1. The molecule has 0 bridgehead atoms. The van der Waals surface area contributed by atoms with Gasteiger partial charge in [-0.25, -0.2) is 0 Å². The van der Waals surface area contributed by atoms with Crippen LogP contribution in [-0.2, 0) is 14.3 Å². The van der Waals surface area contributed by atoms with Crippen molar-refractivity contribution in [3.05, 3.63) is 0 Å². The average molecular weight is 254 g/mol. The second-order valence-corrected chi connectivity index (χ2v) is 5.20. The first-order chi connectivity index (χ1) is 8.84. The van der Waals surface area contributed by atoms with Crippen LogP contribution in [0.5, 0.6) is 0 Å². The summed E-state index contributed by atoms with van der Waals surface area (Å²) in [5.41, 5.74) is 0. The van der Waals surface area contributed by atoms with Crippen molar-refractivity contribution in [3.63, 3.8) is 0 Å². The van der Waals surface area contributed by atoms with Gasteiger partial charge in [-0.1, -0.05) is 57.8 Å². The van der Waals surface area contributed by atoms with Crippen LogP contribution < -0.4 is 0 Å². The van der Waals surface area contributed by atoms with Gasteiger partial charge in [0.2, 0.25) is 5.78 Å². The lowest BCUT2D eigenvalue weighted by molar-refractivity contribution is -0.138. The fraction of sp³-hybridized carbons (Fsp3) is 0.867. The van der Waals surface area contributed by atoms with E-state index in [9.17, 15) is 9.59 Å². The normalized spacial score (nSPS) is 25.0. The lowest BCUT2D eigenvalue weighted by atomic mass is 10.0. The molecule has 0 aromatic carbocycles. The van der Waals surface area contributed by atoms with Gasteiger partial charge in [-0.15, -0.1) is 0 Å². The van der Waals surface area contributed by atoms with E-state index in [0.29, 0.717) is 19.3 Å². The van der Waals surface area contributed by atoms with Gasteiger partial charge in [-0.3, -0.25) is 9.59 Å². The Balaban J connectivity index is 2.33. The Labute approximate surface area is 110 Å². The van der Waals surface area contributed by atoms with E-state index in [0.717, 1.165) is 19.3 Å². The van der Waals surface area contributed by atoms with Crippen molar-refractivity contribution in [1.82, 2.24) is 0 Å². The summed E-state index contributed by atoms with van der Waals surface area (Å²) in [5, 5.41) is 0. The molecule has 3 heteroatoms. The lowest BCUT2D eigenvalue weighted by Gasteiger charge is -2.15. The van der Waals surface area contributed by atoms with Crippen LogP contribution in [0, 0.1) is 0 Å². The molecule has 0 aromatic heterocycles. The standard InChI is InChI=1S/C15H26O3/c16-13-14(17)15-11-9-7-5-3-1-2-4-6-8-10-12-18-15/h13,15H,1-12H2. The maximum absolute atomic E-state index is 11.4. The second-order valence-electron chi connectivity index (χ2n) is 5.20. The van der Waals surface area contributed by atoms with Gasteiger partial charge < -0.3 is 4.74 Å². The SMILES string of the molecule is O=CC(=O)C1CCCCCCCCCCCCO1. The van der Waals surface area contributed by atoms with Crippen LogP contribution >= 0.6 is 0 Å². The van der Waals surface area contributed by atoms with Crippen LogP contribution in [0.2, 0.25) is 0 Å². The largest absolute Gasteiger partial charge is 0.370 e. The topological polar surface area (TPSA) is 43.4 Å². The number of carbonyl (C=O) groups is 2. The fourth-order valence-electron chi connectivity index (χ4n) is 2.46. The third kappa shape index (κ3) is 6.90. The van der Waals surface area contributed by atoms with Gasteiger partial charge in [0.05, 0.1) is 0 Å². The number of carbonyl (C=O) groups excluding carboxylic acids is 2. The van der Waals surface area contributed by atoms with Crippen molar-refractivity contribution in [2.75, 3.05) is 6.61 Å². The first kappa shape index (κ1) is 15.4. The fourth-order valence-corrected chi connectivity index (χ4v) is 2.46. The molecule has 0 radical (unpaired) electrons. The molecule has 1 aliphatic rings. The molecular formula is C15H26O3. The minimum Gasteiger partial charge on any atom is -0.370 e. The van der Waals surface area contributed by atoms with E-state index in [1.807, 2.05) is 0 Å². The molecule has 0 amide bonds. The third-order valence-electron chi connectivity index (χ3n) is 3.61. The number of aldehydes is 1. The highest BCUT2D eigenvalue weighted by atomic mass is 16.5. The lowest BCUT2D eigenvalue weighted by Crippen LogP contribution is -2.25. The number of hydrogen-bond acceptors (Lipinski definition) is 3. The molecule has 0 aromatic rings. The predicted molar refractivity (Wildman–Crippen MR) is 71.6 cm³/mol. The van der Waals surface area contributed by atoms with Gasteiger partial charge in [-0.05, 0) is 12.8 Å². The van der Waals surface area contributed by atoms with Crippen molar-refractivity contribution in [3.8, 4) is 0 Å². The Morgan fingerprint density at radius 2 is 1.33 bits per heavy atom. The monoisotopic (exact) mass is 254 g/mol. The molecule has 1 heterocycles. The smallest absolute Gasteiger partial charge is 0.223 e. The molecular weight excluding hydrogens is 228 g/mol. The summed E-state index contributed by atoms with van der Waals surface area (Å²) in [7, 11) is 0. The highest BCUT2D eigenvalue weighted by Gasteiger charge is 2.17. The molecule has 3 nitrogen and oxygen atoms in total. The summed E-state index contributed by atoms with van der Waals surface area (Å²) < 4.78 is 5.56. The Morgan fingerprint density at radius 3 is 1.89 bits per heavy atom. The van der Waals surface area contributed by atoms with Crippen LogP contribution in [-0.4, -0.2) is 24.8 Å². The Hall–Kier alpha value is -0.700. The maximum atomic E-state index is 11.4. The van der Waals surface area contributed by atoms with Crippen molar-refractivity contribution < 1.29 is 14.3 Å². The van der Waals surface area contributed by atoms with Gasteiger partial charge in [-0.2, -0.15) is 0 Å². The van der Waals surface area contributed by atoms with E-state index >= 15 is 0 Å². The van der Waals surface area contributed by atoms with Crippen molar-refractivity contribution >= 4 is 12.1 Å². The third-order valence-corrected chi connectivity index (χ3v) is 3.61. The highest BCUT2D eigenvalue weighted by molar-refractivity contribution is 6.27. The number of ketones is 1. The molecule has 18 heavy (non-hydrogen) atoms. The summed E-state index contributed by atoms with van der Waals surface area (Å²) in [6.07, 6.45) is 12.7. The number of hydrogen-bond donors (Lipinski definition) is 0. The molecule has 1 atom stereocenters. The Bertz CT molecular complexity index is 224. The molecule has 0 N–H and O–H groups in total. The number of rotatable bonds is 2. The maximum Gasteiger partial charge on any atom is 0.223 e. The highest BCUT2D eigenvalue weighted by Crippen LogP contribution is 2.15. The van der Waals surface area contributed by atoms with Gasteiger partial charge >= 0.3 is 0 Å². The van der Waals surface area contributed by atoms with E-state index < -0.39 is 6.10 Å². The summed E-state index contributed by atoms with van der Waals surface area (Å²) in [5.74, 6) is -0.387.